The highest BCUT2D eigenvalue weighted by atomic mass is 16.5. The average Bonchev–Trinajstić information content (AvgIpc) is 3.03. The number of aromatic nitrogens is 1. The van der Waals surface area contributed by atoms with E-state index in [1.54, 1.807) is 24.5 Å². The van der Waals surface area contributed by atoms with Gasteiger partial charge in [0, 0.05) is 30.7 Å². The van der Waals surface area contributed by atoms with Crippen LogP contribution in [-0.4, -0.2) is 22.8 Å². The summed E-state index contributed by atoms with van der Waals surface area (Å²) in [5, 5.41) is 0. The Hall–Kier alpha value is -1.97. The normalized spacial score (nSPS) is 41.0. The number of rotatable bonds is 2. The van der Waals surface area contributed by atoms with Crippen LogP contribution >= 0.6 is 0 Å². The standard InChI is InChI=1S/C25H31NO3/c1-24-11-9-18(29-23(28)16-4-3-13-26-15-16)14-17(24)5-6-19-20-7-8-22(27)25(20,2)12-10-21(19)24/h3-5,13,15,18-21H,6-12,14H2,1-2H3/t18-,19-,20+,21-,24+,25+/m1/s1. The van der Waals surface area contributed by atoms with E-state index in [2.05, 4.69) is 24.9 Å². The summed E-state index contributed by atoms with van der Waals surface area (Å²) in [4.78, 5) is 29.0. The van der Waals surface area contributed by atoms with Crippen LogP contribution in [0.5, 0.6) is 0 Å². The first-order valence-corrected chi connectivity index (χ1v) is 11.3. The van der Waals surface area contributed by atoms with Gasteiger partial charge in [0.1, 0.15) is 11.9 Å². The molecule has 0 amide bonds. The Morgan fingerprint density at radius 2 is 1.93 bits per heavy atom. The van der Waals surface area contributed by atoms with Crippen LogP contribution < -0.4 is 0 Å². The fraction of sp³-hybridized carbons (Fsp3) is 0.640. The lowest BCUT2D eigenvalue weighted by Gasteiger charge is -2.56. The highest BCUT2D eigenvalue weighted by molar-refractivity contribution is 5.89. The fourth-order valence-electron chi connectivity index (χ4n) is 7.20. The number of carbonyl (C=O) groups excluding carboxylic acids is 2. The van der Waals surface area contributed by atoms with Crippen LogP contribution in [0.4, 0.5) is 0 Å². The molecule has 4 aliphatic carbocycles. The molecule has 3 fully saturated rings. The second-order valence-corrected chi connectivity index (χ2v) is 10.2. The summed E-state index contributed by atoms with van der Waals surface area (Å²) in [6, 6.07) is 3.53. The predicted octanol–water partition coefficient (Wildman–Crippen LogP) is 5.14. The second kappa shape index (κ2) is 6.78. The van der Waals surface area contributed by atoms with Crippen molar-refractivity contribution in [1.29, 1.82) is 0 Å². The zero-order valence-electron chi connectivity index (χ0n) is 17.5. The molecule has 0 aliphatic heterocycles. The van der Waals surface area contributed by atoms with Crippen LogP contribution in [0.1, 0.15) is 75.6 Å². The first-order valence-electron chi connectivity index (χ1n) is 11.3. The highest BCUT2D eigenvalue weighted by Crippen LogP contribution is 2.64. The molecule has 0 radical (unpaired) electrons. The number of esters is 1. The van der Waals surface area contributed by atoms with Gasteiger partial charge in [-0.25, -0.2) is 4.79 Å². The zero-order valence-corrected chi connectivity index (χ0v) is 17.5. The van der Waals surface area contributed by atoms with Crippen molar-refractivity contribution >= 4 is 11.8 Å². The Balaban J connectivity index is 1.33. The maximum atomic E-state index is 12.6. The van der Waals surface area contributed by atoms with Gasteiger partial charge in [-0.05, 0) is 73.8 Å². The van der Waals surface area contributed by atoms with Gasteiger partial charge in [-0.2, -0.15) is 0 Å². The van der Waals surface area contributed by atoms with E-state index in [1.165, 1.54) is 5.57 Å². The number of pyridine rings is 1. The minimum absolute atomic E-state index is 0.0412. The minimum atomic E-state index is -0.265. The molecule has 5 rings (SSSR count). The number of ether oxygens (including phenoxy) is 1. The summed E-state index contributed by atoms with van der Waals surface area (Å²) in [5.74, 6) is 2.11. The first kappa shape index (κ1) is 19.0. The van der Waals surface area contributed by atoms with Gasteiger partial charge in [-0.3, -0.25) is 9.78 Å². The molecule has 4 nitrogen and oxygen atoms in total. The SMILES string of the molecule is C[C@]12CC[C@@H](OC(=O)c3cccnc3)CC1=CC[C@H]1[C@H]2CC[C@]2(C)C(=O)CC[C@@H]12. The third-order valence-electron chi connectivity index (χ3n) is 8.94. The van der Waals surface area contributed by atoms with Crippen LogP contribution in [0.15, 0.2) is 36.2 Å². The maximum Gasteiger partial charge on any atom is 0.339 e. The molecule has 0 N–H and O–H groups in total. The maximum absolute atomic E-state index is 12.6. The van der Waals surface area contributed by atoms with Crippen molar-refractivity contribution in [1.82, 2.24) is 4.98 Å². The van der Waals surface area contributed by atoms with Crippen LogP contribution in [0.2, 0.25) is 0 Å². The van der Waals surface area contributed by atoms with E-state index in [0.717, 1.165) is 51.4 Å². The molecule has 1 aromatic rings. The van der Waals surface area contributed by atoms with Crippen molar-refractivity contribution < 1.29 is 14.3 Å². The molecule has 3 saturated carbocycles. The molecule has 6 atom stereocenters. The summed E-state index contributed by atoms with van der Waals surface area (Å²) >= 11 is 0. The van der Waals surface area contributed by atoms with E-state index >= 15 is 0 Å². The molecular weight excluding hydrogens is 362 g/mol. The van der Waals surface area contributed by atoms with E-state index in [0.29, 0.717) is 29.1 Å². The monoisotopic (exact) mass is 393 g/mol. The molecular formula is C25H31NO3. The molecule has 154 valence electrons. The van der Waals surface area contributed by atoms with Crippen LogP contribution in [0, 0.1) is 28.6 Å². The van der Waals surface area contributed by atoms with E-state index in [1.807, 2.05) is 0 Å². The largest absolute Gasteiger partial charge is 0.458 e. The third-order valence-corrected chi connectivity index (χ3v) is 8.94. The van der Waals surface area contributed by atoms with Gasteiger partial charge in [-0.1, -0.05) is 25.5 Å². The number of hydrogen-bond donors (Lipinski definition) is 0. The summed E-state index contributed by atoms with van der Waals surface area (Å²) in [6.45, 7) is 4.67. The predicted molar refractivity (Wildman–Crippen MR) is 110 cm³/mol. The lowest BCUT2D eigenvalue weighted by molar-refractivity contribution is -0.132. The topological polar surface area (TPSA) is 56.3 Å². The average molecular weight is 394 g/mol. The van der Waals surface area contributed by atoms with Crippen molar-refractivity contribution in [3.63, 3.8) is 0 Å². The van der Waals surface area contributed by atoms with Gasteiger partial charge in [0.25, 0.3) is 0 Å². The molecule has 0 saturated heterocycles. The molecule has 4 heteroatoms. The fourth-order valence-corrected chi connectivity index (χ4v) is 7.20. The van der Waals surface area contributed by atoms with Gasteiger partial charge in [-0.15, -0.1) is 0 Å². The Kier molecular flexibility index (Phi) is 4.45. The molecule has 4 aliphatic rings. The summed E-state index contributed by atoms with van der Waals surface area (Å²) < 4.78 is 5.84. The minimum Gasteiger partial charge on any atom is -0.458 e. The third kappa shape index (κ3) is 2.90. The van der Waals surface area contributed by atoms with Gasteiger partial charge < -0.3 is 4.74 Å². The number of ketones is 1. The number of nitrogens with zero attached hydrogens (tertiary/aromatic N) is 1. The van der Waals surface area contributed by atoms with Crippen molar-refractivity contribution in [2.45, 2.75) is 71.3 Å². The lowest BCUT2D eigenvalue weighted by Crippen LogP contribution is -2.50. The van der Waals surface area contributed by atoms with Crippen molar-refractivity contribution in [3.05, 3.63) is 41.7 Å². The molecule has 1 heterocycles. The number of Topliss-reactive ketones (excluding diaryl/α,β-unsaturated/α-hetero) is 1. The van der Waals surface area contributed by atoms with E-state index in [-0.39, 0.29) is 22.9 Å². The Morgan fingerprint density at radius 3 is 2.72 bits per heavy atom. The zero-order chi connectivity index (χ0) is 20.2. The Bertz CT molecular complexity index is 862. The molecule has 0 bridgehead atoms. The van der Waals surface area contributed by atoms with Crippen molar-refractivity contribution in [2.24, 2.45) is 28.6 Å². The van der Waals surface area contributed by atoms with Gasteiger partial charge in [0.05, 0.1) is 5.56 Å². The molecule has 0 spiro atoms. The van der Waals surface area contributed by atoms with Gasteiger partial charge in [0.2, 0.25) is 0 Å². The summed E-state index contributed by atoms with van der Waals surface area (Å²) in [6.07, 6.45) is 13.7. The molecule has 0 unspecified atom stereocenters. The smallest absolute Gasteiger partial charge is 0.339 e. The Morgan fingerprint density at radius 1 is 1.14 bits per heavy atom. The van der Waals surface area contributed by atoms with Crippen molar-refractivity contribution in [3.8, 4) is 0 Å². The van der Waals surface area contributed by atoms with Crippen LogP contribution in [0.25, 0.3) is 0 Å². The van der Waals surface area contributed by atoms with Crippen LogP contribution in [-0.2, 0) is 9.53 Å². The van der Waals surface area contributed by atoms with E-state index in [4.69, 9.17) is 4.74 Å². The van der Waals surface area contributed by atoms with Crippen molar-refractivity contribution in [2.75, 3.05) is 0 Å². The summed E-state index contributed by atoms with van der Waals surface area (Å²) in [7, 11) is 0. The second-order valence-electron chi connectivity index (χ2n) is 10.2. The van der Waals surface area contributed by atoms with Gasteiger partial charge in [0.15, 0.2) is 0 Å². The van der Waals surface area contributed by atoms with E-state index < -0.39 is 0 Å². The molecule has 0 aromatic carbocycles. The summed E-state index contributed by atoms with van der Waals surface area (Å²) in [5.41, 5.74) is 2.14. The number of carbonyl (C=O) groups is 2. The number of fused-ring (bicyclic) bond motifs is 5. The highest BCUT2D eigenvalue weighted by Gasteiger charge is 2.58. The quantitative estimate of drug-likeness (QED) is 0.516. The lowest BCUT2D eigenvalue weighted by atomic mass is 9.48. The first-order chi connectivity index (χ1) is 13.9. The number of hydrogen-bond acceptors (Lipinski definition) is 4. The van der Waals surface area contributed by atoms with Gasteiger partial charge >= 0.3 is 5.97 Å². The molecule has 29 heavy (non-hydrogen) atoms. The number of allylic oxidation sites excluding steroid dienone is 1. The van der Waals surface area contributed by atoms with E-state index in [9.17, 15) is 9.59 Å². The van der Waals surface area contributed by atoms with Crippen LogP contribution in [0.3, 0.4) is 0 Å². The molecule has 1 aromatic heterocycles. The Labute approximate surface area is 173 Å².